The SMILES string of the molecule is c1ccc(-c2cnc3c4ccc(-n5c6ccccc6c6ccccc65)cc4c4cc(-n5c6ccccc6c6ccccc65)ccc4c3n2)cc1. The smallest absolute Gasteiger partial charge is 0.0979 e. The van der Waals surface area contributed by atoms with Crippen LogP contribution < -0.4 is 0 Å². The van der Waals surface area contributed by atoms with Crippen molar-refractivity contribution in [1.29, 1.82) is 0 Å². The highest BCUT2D eigenvalue weighted by Gasteiger charge is 2.18. The van der Waals surface area contributed by atoms with Crippen LogP contribution in [0.4, 0.5) is 0 Å². The van der Waals surface area contributed by atoms with Crippen LogP contribution in [0.1, 0.15) is 0 Å². The van der Waals surface area contributed by atoms with Gasteiger partial charge >= 0.3 is 0 Å². The number of aromatic nitrogens is 4. The monoisotopic (exact) mass is 636 g/mol. The van der Waals surface area contributed by atoms with Crippen LogP contribution in [0.3, 0.4) is 0 Å². The van der Waals surface area contributed by atoms with E-state index in [0.717, 1.165) is 55.2 Å². The highest BCUT2D eigenvalue weighted by molar-refractivity contribution is 6.24. The Bertz CT molecular complexity index is 3040. The molecule has 0 amide bonds. The molecule has 0 unspecified atom stereocenters. The highest BCUT2D eigenvalue weighted by atomic mass is 15.0. The van der Waals surface area contributed by atoms with Gasteiger partial charge in [0.25, 0.3) is 0 Å². The average Bonchev–Trinajstić information content (AvgIpc) is 3.71. The van der Waals surface area contributed by atoms with Crippen molar-refractivity contribution in [2.75, 3.05) is 0 Å². The second kappa shape index (κ2) is 10.4. The third-order valence-corrected chi connectivity index (χ3v) is 10.3. The predicted molar refractivity (Wildman–Crippen MR) is 209 cm³/mol. The van der Waals surface area contributed by atoms with Crippen LogP contribution in [0, 0.1) is 0 Å². The van der Waals surface area contributed by atoms with Crippen LogP contribution in [0.2, 0.25) is 0 Å². The molecule has 4 nitrogen and oxygen atoms in total. The lowest BCUT2D eigenvalue weighted by atomic mass is 9.98. The first-order chi connectivity index (χ1) is 24.8. The average molecular weight is 637 g/mol. The Morgan fingerprint density at radius 2 is 0.760 bits per heavy atom. The van der Waals surface area contributed by atoms with Gasteiger partial charge in [0, 0.05) is 49.3 Å². The number of nitrogens with zero attached hydrogens (tertiary/aromatic N) is 4. The summed E-state index contributed by atoms with van der Waals surface area (Å²) in [7, 11) is 0. The molecule has 0 saturated carbocycles. The fourth-order valence-corrected chi connectivity index (χ4v) is 8.12. The number of fused-ring (bicyclic) bond motifs is 12. The van der Waals surface area contributed by atoms with Crippen LogP contribution >= 0.6 is 0 Å². The van der Waals surface area contributed by atoms with E-state index in [-0.39, 0.29) is 0 Å². The van der Waals surface area contributed by atoms with Gasteiger partial charge in [0.05, 0.1) is 45.0 Å². The van der Waals surface area contributed by atoms with E-state index in [0.29, 0.717) is 0 Å². The summed E-state index contributed by atoms with van der Waals surface area (Å²) < 4.78 is 4.78. The maximum absolute atomic E-state index is 5.30. The molecule has 11 rings (SSSR count). The van der Waals surface area contributed by atoms with Crippen molar-refractivity contribution in [2.45, 2.75) is 0 Å². The largest absolute Gasteiger partial charge is 0.309 e. The number of benzene rings is 8. The Labute approximate surface area is 287 Å². The van der Waals surface area contributed by atoms with Crippen molar-refractivity contribution in [3.05, 3.63) is 170 Å². The minimum Gasteiger partial charge on any atom is -0.309 e. The fourth-order valence-electron chi connectivity index (χ4n) is 8.12. The van der Waals surface area contributed by atoms with Gasteiger partial charge in [0.1, 0.15) is 0 Å². The number of para-hydroxylation sites is 4. The molecule has 0 aliphatic heterocycles. The lowest BCUT2D eigenvalue weighted by Gasteiger charge is -2.15. The van der Waals surface area contributed by atoms with Crippen LogP contribution in [0.15, 0.2) is 170 Å². The first-order valence-electron chi connectivity index (χ1n) is 17.0. The van der Waals surface area contributed by atoms with E-state index in [2.05, 4.69) is 155 Å². The second-order valence-electron chi connectivity index (χ2n) is 13.0. The minimum absolute atomic E-state index is 0.868. The third-order valence-electron chi connectivity index (χ3n) is 10.3. The Balaban J connectivity index is 1.26. The Morgan fingerprint density at radius 1 is 0.340 bits per heavy atom. The molecule has 0 bridgehead atoms. The molecule has 50 heavy (non-hydrogen) atoms. The summed E-state index contributed by atoms with van der Waals surface area (Å²) in [5.74, 6) is 0. The van der Waals surface area contributed by atoms with Gasteiger partial charge in [0.15, 0.2) is 0 Å². The van der Waals surface area contributed by atoms with E-state index < -0.39 is 0 Å². The molecule has 0 atom stereocenters. The van der Waals surface area contributed by atoms with Gasteiger partial charge in [-0.2, -0.15) is 0 Å². The van der Waals surface area contributed by atoms with Crippen LogP contribution in [-0.2, 0) is 0 Å². The molecule has 4 heteroatoms. The van der Waals surface area contributed by atoms with Crippen molar-refractivity contribution < 1.29 is 0 Å². The molecular weight excluding hydrogens is 609 g/mol. The molecule has 232 valence electrons. The summed E-state index contributed by atoms with van der Waals surface area (Å²) >= 11 is 0. The van der Waals surface area contributed by atoms with Crippen molar-refractivity contribution in [2.24, 2.45) is 0 Å². The number of rotatable bonds is 3. The van der Waals surface area contributed by atoms with Crippen molar-refractivity contribution in [3.8, 4) is 22.6 Å². The van der Waals surface area contributed by atoms with Gasteiger partial charge in [-0.25, -0.2) is 4.98 Å². The maximum Gasteiger partial charge on any atom is 0.0979 e. The van der Waals surface area contributed by atoms with E-state index in [1.165, 1.54) is 43.6 Å². The lowest BCUT2D eigenvalue weighted by Crippen LogP contribution is -1.97. The van der Waals surface area contributed by atoms with Gasteiger partial charge < -0.3 is 9.13 Å². The summed E-state index contributed by atoms with van der Waals surface area (Å²) in [6.45, 7) is 0. The molecule has 0 spiro atoms. The second-order valence-corrected chi connectivity index (χ2v) is 13.0. The molecule has 0 aliphatic rings. The van der Waals surface area contributed by atoms with E-state index in [1.807, 2.05) is 24.4 Å². The summed E-state index contributed by atoms with van der Waals surface area (Å²) in [5, 5.41) is 9.46. The van der Waals surface area contributed by atoms with Crippen LogP contribution in [0.5, 0.6) is 0 Å². The van der Waals surface area contributed by atoms with Gasteiger partial charge in [-0.05, 0) is 59.3 Å². The van der Waals surface area contributed by atoms with E-state index in [9.17, 15) is 0 Å². The lowest BCUT2D eigenvalue weighted by molar-refractivity contribution is 1.18. The van der Waals surface area contributed by atoms with E-state index in [1.54, 1.807) is 0 Å². The van der Waals surface area contributed by atoms with Gasteiger partial charge in [-0.3, -0.25) is 4.98 Å². The molecule has 0 saturated heterocycles. The summed E-state index contributed by atoms with van der Waals surface area (Å²) in [5.41, 5.74) is 10.7. The third kappa shape index (κ3) is 3.81. The molecule has 8 aromatic carbocycles. The van der Waals surface area contributed by atoms with Crippen LogP contribution in [-0.4, -0.2) is 19.1 Å². The zero-order valence-corrected chi connectivity index (χ0v) is 27.0. The molecule has 0 aliphatic carbocycles. The standard InChI is InChI=1S/C46H28N4/c1-2-12-29(13-3-1)40-28-47-45-36-24-22-30(49-41-18-8-4-14-32(41)33-15-5-9-19-42(33)49)26-38(36)39-27-31(23-25-37(39)46(45)48-40)50-43-20-10-6-16-34(43)35-17-7-11-21-44(35)50/h1-28H. The summed E-state index contributed by atoms with van der Waals surface area (Å²) in [6.07, 6.45) is 1.91. The minimum atomic E-state index is 0.868. The topological polar surface area (TPSA) is 35.6 Å². The zero-order valence-electron chi connectivity index (χ0n) is 27.0. The van der Waals surface area contributed by atoms with Crippen molar-refractivity contribution in [1.82, 2.24) is 19.1 Å². The highest BCUT2D eigenvalue weighted by Crippen LogP contribution is 2.40. The zero-order chi connectivity index (χ0) is 32.8. The quantitative estimate of drug-likeness (QED) is 0.181. The Morgan fingerprint density at radius 3 is 1.24 bits per heavy atom. The molecular formula is C46H28N4. The van der Waals surface area contributed by atoms with Gasteiger partial charge in [0.2, 0.25) is 0 Å². The molecule has 0 fully saturated rings. The summed E-state index contributed by atoms with van der Waals surface area (Å²) in [4.78, 5) is 10.4. The Hall–Kier alpha value is -6.78. The normalized spacial score (nSPS) is 12.0. The predicted octanol–water partition coefficient (Wildman–Crippen LogP) is 11.8. The van der Waals surface area contributed by atoms with E-state index in [4.69, 9.17) is 9.97 Å². The van der Waals surface area contributed by atoms with Gasteiger partial charge in [-0.1, -0.05) is 115 Å². The van der Waals surface area contributed by atoms with Crippen molar-refractivity contribution >= 4 is 76.2 Å². The number of hydrogen-bond donors (Lipinski definition) is 0. The molecule has 0 N–H and O–H groups in total. The van der Waals surface area contributed by atoms with Crippen molar-refractivity contribution in [3.63, 3.8) is 0 Å². The van der Waals surface area contributed by atoms with Gasteiger partial charge in [-0.15, -0.1) is 0 Å². The number of hydrogen-bond acceptors (Lipinski definition) is 2. The Kier molecular flexibility index (Phi) is 5.63. The molecule has 11 aromatic rings. The fraction of sp³-hybridized carbons (Fsp3) is 0. The summed E-state index contributed by atoms with van der Waals surface area (Å²) in [6, 6.07) is 58.7. The van der Waals surface area contributed by atoms with Crippen LogP contribution in [0.25, 0.3) is 98.8 Å². The molecule has 3 aromatic heterocycles. The molecule has 3 heterocycles. The maximum atomic E-state index is 5.30. The molecule has 0 radical (unpaired) electrons. The first-order valence-corrected chi connectivity index (χ1v) is 17.0. The first kappa shape index (κ1) is 27.2. The van der Waals surface area contributed by atoms with E-state index >= 15 is 0 Å².